The molecule has 0 spiro atoms. The summed E-state index contributed by atoms with van der Waals surface area (Å²) in [4.78, 5) is 0. The number of rotatable bonds is 2. The van der Waals surface area contributed by atoms with Crippen LogP contribution in [0.2, 0.25) is 0 Å². The molecule has 6 nitrogen and oxygen atoms in total. The topological polar surface area (TPSA) is 104 Å². The van der Waals surface area contributed by atoms with Gasteiger partial charge in [0, 0.05) is 0 Å². The summed E-state index contributed by atoms with van der Waals surface area (Å²) < 4.78 is 41.0. The molecule has 0 atom stereocenters. The molecule has 0 saturated carbocycles. The molecule has 0 aliphatic rings. The minimum atomic E-state index is 1.30. The van der Waals surface area contributed by atoms with E-state index in [4.69, 9.17) is 23.3 Å². The molecule has 0 radical (unpaired) electrons. The van der Waals surface area contributed by atoms with Gasteiger partial charge in [-0.2, -0.15) is 0 Å². The maximum atomic E-state index is 7.50. The summed E-state index contributed by atoms with van der Waals surface area (Å²) >= 11 is 1.48. The quantitative estimate of drug-likeness (QED) is 0.464. The van der Waals surface area contributed by atoms with E-state index in [0.717, 1.165) is 0 Å². The SMILES string of the molecule is [C-]#[O+].[C-]#[O+].[C-]#[O+].[C-]#[O+].[C-]#[O+].[W]=[C](c1ccccc1)n1cccc1. The molecule has 0 saturated heterocycles. The average molecular weight is 479 g/mol. The van der Waals surface area contributed by atoms with Gasteiger partial charge >= 0.3 is 145 Å². The van der Waals surface area contributed by atoms with Crippen molar-refractivity contribution in [2.45, 2.75) is 0 Å². The van der Waals surface area contributed by atoms with Crippen LogP contribution >= 0.6 is 0 Å². The molecule has 1 aromatic heterocycles. The van der Waals surface area contributed by atoms with Crippen LogP contribution in [0.3, 0.4) is 0 Å². The Morgan fingerprint density at radius 2 is 1.00 bits per heavy atom. The molecular weight excluding hydrogens is 470 g/mol. The molecule has 0 amide bonds. The normalized spacial score (nSPS) is 6.00. The number of hydrogen-bond donors (Lipinski definition) is 0. The number of aromatic nitrogens is 1. The Hall–Kier alpha value is -2.24. The summed E-state index contributed by atoms with van der Waals surface area (Å²) in [6.07, 6.45) is 4.16. The van der Waals surface area contributed by atoms with Crippen molar-refractivity contribution in [2.75, 3.05) is 0 Å². The second-order valence-electron chi connectivity index (χ2n) is 2.76. The van der Waals surface area contributed by atoms with E-state index >= 15 is 0 Å². The molecule has 0 N–H and O–H groups in total. The second kappa shape index (κ2) is 28.0. The van der Waals surface area contributed by atoms with Crippen molar-refractivity contribution >= 4 is 4.02 Å². The number of benzene rings is 1. The summed E-state index contributed by atoms with van der Waals surface area (Å²) in [5.74, 6) is 0. The fraction of sp³-hybridized carbons (Fsp3) is 0. The van der Waals surface area contributed by atoms with Crippen LogP contribution in [0.5, 0.6) is 0 Å². The van der Waals surface area contributed by atoms with Crippen molar-refractivity contribution in [3.63, 3.8) is 0 Å². The predicted molar refractivity (Wildman–Crippen MR) is 70.0 cm³/mol. The van der Waals surface area contributed by atoms with Gasteiger partial charge in [-0.25, -0.2) is 0 Å². The monoisotopic (exact) mass is 479 g/mol. The summed E-state index contributed by atoms with van der Waals surface area (Å²) in [6, 6.07) is 14.6. The molecule has 0 fully saturated rings. The third-order valence-corrected chi connectivity index (χ3v) is 3.46. The van der Waals surface area contributed by atoms with Crippen molar-refractivity contribution in [1.29, 1.82) is 0 Å². The van der Waals surface area contributed by atoms with Gasteiger partial charge in [0.1, 0.15) is 0 Å². The van der Waals surface area contributed by atoms with Gasteiger partial charge in [0.15, 0.2) is 0 Å². The van der Waals surface area contributed by atoms with Crippen LogP contribution in [0.4, 0.5) is 0 Å². The van der Waals surface area contributed by atoms with Crippen LogP contribution in [0.25, 0.3) is 0 Å². The first-order valence-corrected chi connectivity index (χ1v) is 6.59. The van der Waals surface area contributed by atoms with Crippen molar-refractivity contribution in [3.8, 4) is 0 Å². The molecule has 0 aliphatic heterocycles. The van der Waals surface area contributed by atoms with E-state index in [2.05, 4.69) is 74.5 Å². The van der Waals surface area contributed by atoms with Crippen molar-refractivity contribution < 1.29 is 42.6 Å². The van der Waals surface area contributed by atoms with E-state index in [-0.39, 0.29) is 0 Å². The van der Waals surface area contributed by atoms with Gasteiger partial charge in [0.2, 0.25) is 0 Å². The zero-order valence-electron chi connectivity index (χ0n) is 11.6. The molecule has 23 heavy (non-hydrogen) atoms. The van der Waals surface area contributed by atoms with Crippen LogP contribution in [0, 0.1) is 33.3 Å². The molecular formula is C16H9NO5W. The summed E-state index contributed by atoms with van der Waals surface area (Å²) in [5.41, 5.74) is 1.30. The van der Waals surface area contributed by atoms with E-state index in [1.54, 1.807) is 0 Å². The van der Waals surface area contributed by atoms with E-state index in [1.165, 1.54) is 28.9 Å². The van der Waals surface area contributed by atoms with Crippen molar-refractivity contribution in [2.24, 2.45) is 0 Å². The summed E-state index contributed by atoms with van der Waals surface area (Å²) in [7, 11) is 0. The molecule has 0 bridgehead atoms. The fourth-order valence-corrected chi connectivity index (χ4v) is 2.13. The second-order valence-corrected chi connectivity index (χ2v) is 4.15. The van der Waals surface area contributed by atoms with E-state index in [0.29, 0.717) is 0 Å². The molecule has 0 aliphatic carbocycles. The van der Waals surface area contributed by atoms with Crippen LogP contribution in [-0.4, -0.2) is 8.59 Å². The van der Waals surface area contributed by atoms with Gasteiger partial charge in [-0.1, -0.05) is 0 Å². The Kier molecular flexibility index (Phi) is 35.1. The zero-order valence-corrected chi connectivity index (χ0v) is 14.5. The van der Waals surface area contributed by atoms with Gasteiger partial charge in [-0.05, 0) is 0 Å². The Morgan fingerprint density at radius 1 is 0.652 bits per heavy atom. The molecule has 2 aromatic rings. The van der Waals surface area contributed by atoms with E-state index < -0.39 is 0 Å². The standard InChI is InChI=1S/C11H9N.5CO.W/c1-2-6-11(7-3-1)10-12-8-4-5-9-12;5*1-2;/h1-9H;;;;;;. The zero-order chi connectivity index (χ0) is 19.1. The Bertz CT molecular complexity index is 560. The fourth-order valence-electron chi connectivity index (χ4n) is 1.20. The van der Waals surface area contributed by atoms with Crippen molar-refractivity contribution in [3.05, 3.63) is 93.7 Å². The van der Waals surface area contributed by atoms with Gasteiger partial charge in [0.25, 0.3) is 0 Å². The maximum absolute atomic E-state index is 7.50. The van der Waals surface area contributed by atoms with Crippen LogP contribution < -0.4 is 0 Å². The summed E-state index contributed by atoms with van der Waals surface area (Å²) in [5, 5.41) is 0. The first kappa shape index (κ1) is 28.9. The van der Waals surface area contributed by atoms with Gasteiger partial charge in [-0.15, -0.1) is 0 Å². The van der Waals surface area contributed by atoms with E-state index in [9.17, 15) is 0 Å². The minimum absolute atomic E-state index is 1.30. The first-order valence-electron chi connectivity index (χ1n) is 5.13. The average Bonchev–Trinajstić information content (AvgIpc) is 3.25. The Balaban J connectivity index is -0.000000156. The number of nitrogens with zero attached hydrogens (tertiary/aromatic N) is 1. The third-order valence-electron chi connectivity index (χ3n) is 1.86. The van der Waals surface area contributed by atoms with Crippen molar-refractivity contribution in [1.82, 2.24) is 4.57 Å². The Morgan fingerprint density at radius 3 is 1.35 bits per heavy atom. The molecule has 114 valence electrons. The van der Waals surface area contributed by atoms with Crippen LogP contribution in [0.1, 0.15) is 5.56 Å². The van der Waals surface area contributed by atoms with Gasteiger partial charge < -0.3 is 0 Å². The summed E-state index contributed by atoms with van der Waals surface area (Å²) in [6.45, 7) is 22.5. The molecule has 1 heterocycles. The predicted octanol–water partition coefficient (Wildman–Crippen LogP) is 1.87. The molecule has 1 aromatic carbocycles. The van der Waals surface area contributed by atoms with Crippen LogP contribution in [-0.2, 0) is 42.6 Å². The Labute approximate surface area is 145 Å². The molecule has 0 unspecified atom stereocenters. The number of hydrogen-bond acceptors (Lipinski definition) is 0. The van der Waals surface area contributed by atoms with Crippen LogP contribution in [0.15, 0.2) is 54.9 Å². The van der Waals surface area contributed by atoms with Gasteiger partial charge in [0.05, 0.1) is 0 Å². The van der Waals surface area contributed by atoms with Gasteiger partial charge in [-0.3, -0.25) is 0 Å². The first-order chi connectivity index (χ1) is 11.4. The third kappa shape index (κ3) is 14.5. The molecule has 2 rings (SSSR count). The van der Waals surface area contributed by atoms with E-state index in [1.807, 2.05) is 18.2 Å². The molecule has 7 heteroatoms.